The zero-order chi connectivity index (χ0) is 16.3. The molecule has 2 nitrogen and oxygen atoms in total. The van der Waals surface area contributed by atoms with Gasteiger partial charge < -0.3 is 5.32 Å². The minimum absolute atomic E-state index is 0. The second kappa shape index (κ2) is 8.51. The number of halogens is 6. The van der Waals surface area contributed by atoms with Gasteiger partial charge in [-0.05, 0) is 18.6 Å². The van der Waals surface area contributed by atoms with Crippen LogP contribution in [-0.4, -0.2) is 31.1 Å². The summed E-state index contributed by atoms with van der Waals surface area (Å²) in [4.78, 5) is 1.91. The fourth-order valence-corrected chi connectivity index (χ4v) is 3.08. The summed E-state index contributed by atoms with van der Waals surface area (Å²) < 4.78 is 54.3. The smallest absolute Gasteiger partial charge is 0.314 e. The predicted octanol–water partition coefficient (Wildman–Crippen LogP) is 4.67. The standard InChI is InChI=1S/C15H19ClF4N2.ClH/c1-2-3-12(22-8-6-21-7-9-22)13-10(15(18,19)20)4-5-11(16)14(13)17;/h4-5,12,21H,2-3,6-9H2,1H3;1H/t12-;/m0./s1. The predicted molar refractivity (Wildman–Crippen MR) is 85.8 cm³/mol. The number of nitrogens with zero attached hydrogens (tertiary/aromatic N) is 1. The van der Waals surface area contributed by atoms with Crippen LogP contribution in [0.5, 0.6) is 0 Å². The van der Waals surface area contributed by atoms with E-state index in [1.165, 1.54) is 0 Å². The molecule has 1 saturated heterocycles. The normalized spacial score (nSPS) is 17.7. The van der Waals surface area contributed by atoms with Crippen LogP contribution in [0.1, 0.15) is 36.9 Å². The van der Waals surface area contributed by atoms with Crippen LogP contribution in [-0.2, 0) is 6.18 Å². The van der Waals surface area contributed by atoms with Crippen molar-refractivity contribution in [2.75, 3.05) is 26.2 Å². The third-order valence-electron chi connectivity index (χ3n) is 3.93. The van der Waals surface area contributed by atoms with Gasteiger partial charge in [-0.15, -0.1) is 12.4 Å². The Kier molecular flexibility index (Phi) is 7.58. The molecule has 1 aromatic carbocycles. The molecule has 1 heterocycles. The molecule has 1 N–H and O–H groups in total. The van der Waals surface area contributed by atoms with Gasteiger partial charge in [0.15, 0.2) is 0 Å². The first-order valence-electron chi connectivity index (χ1n) is 7.36. The van der Waals surface area contributed by atoms with E-state index >= 15 is 0 Å². The van der Waals surface area contributed by atoms with Crippen molar-refractivity contribution in [3.8, 4) is 0 Å². The highest BCUT2D eigenvalue weighted by molar-refractivity contribution is 6.30. The number of nitrogens with one attached hydrogen (secondary N) is 1. The second-order valence-corrected chi connectivity index (χ2v) is 5.82. The maximum absolute atomic E-state index is 14.4. The number of rotatable bonds is 4. The highest BCUT2D eigenvalue weighted by atomic mass is 35.5. The average Bonchev–Trinajstić information content (AvgIpc) is 2.47. The molecule has 0 spiro atoms. The summed E-state index contributed by atoms with van der Waals surface area (Å²) in [6.07, 6.45) is -3.47. The van der Waals surface area contributed by atoms with E-state index in [0.29, 0.717) is 39.0 Å². The molecule has 0 aliphatic carbocycles. The van der Waals surface area contributed by atoms with Crippen LogP contribution in [0.4, 0.5) is 17.6 Å². The Morgan fingerprint density at radius 3 is 2.39 bits per heavy atom. The quantitative estimate of drug-likeness (QED) is 0.770. The van der Waals surface area contributed by atoms with Crippen LogP contribution in [0.3, 0.4) is 0 Å². The van der Waals surface area contributed by atoms with E-state index in [-0.39, 0.29) is 23.0 Å². The molecule has 1 aromatic rings. The van der Waals surface area contributed by atoms with Crippen molar-refractivity contribution in [2.24, 2.45) is 0 Å². The molecule has 0 aromatic heterocycles. The van der Waals surface area contributed by atoms with E-state index in [4.69, 9.17) is 11.6 Å². The Morgan fingerprint density at radius 1 is 1.26 bits per heavy atom. The summed E-state index contributed by atoms with van der Waals surface area (Å²) in [7, 11) is 0. The van der Waals surface area contributed by atoms with Crippen molar-refractivity contribution in [3.05, 3.63) is 34.1 Å². The van der Waals surface area contributed by atoms with Gasteiger partial charge in [0.1, 0.15) is 5.82 Å². The summed E-state index contributed by atoms with van der Waals surface area (Å²) in [5.74, 6) is -0.950. The Morgan fingerprint density at radius 2 is 1.87 bits per heavy atom. The lowest BCUT2D eigenvalue weighted by Gasteiger charge is -2.36. The van der Waals surface area contributed by atoms with E-state index in [2.05, 4.69) is 5.32 Å². The Balaban J connectivity index is 0.00000264. The van der Waals surface area contributed by atoms with Gasteiger partial charge in [0.05, 0.1) is 10.6 Å². The monoisotopic (exact) mass is 374 g/mol. The molecule has 0 unspecified atom stereocenters. The Hall–Kier alpha value is -0.560. The minimum atomic E-state index is -4.60. The van der Waals surface area contributed by atoms with Crippen molar-refractivity contribution in [1.82, 2.24) is 10.2 Å². The van der Waals surface area contributed by atoms with Gasteiger partial charge in [0.2, 0.25) is 0 Å². The summed E-state index contributed by atoms with van der Waals surface area (Å²) >= 11 is 5.75. The van der Waals surface area contributed by atoms with Crippen molar-refractivity contribution >= 4 is 24.0 Å². The molecule has 23 heavy (non-hydrogen) atoms. The first kappa shape index (κ1) is 20.5. The first-order valence-corrected chi connectivity index (χ1v) is 7.74. The summed E-state index contributed by atoms with van der Waals surface area (Å²) in [6, 6.07) is 1.25. The number of benzene rings is 1. The fourth-order valence-electron chi connectivity index (χ4n) is 2.92. The zero-order valence-electron chi connectivity index (χ0n) is 12.7. The number of hydrogen-bond donors (Lipinski definition) is 1. The topological polar surface area (TPSA) is 15.3 Å². The molecule has 0 amide bonds. The van der Waals surface area contributed by atoms with Crippen LogP contribution in [0.15, 0.2) is 12.1 Å². The van der Waals surface area contributed by atoms with Gasteiger partial charge in [0, 0.05) is 37.8 Å². The van der Waals surface area contributed by atoms with E-state index in [0.717, 1.165) is 12.1 Å². The molecule has 0 bridgehead atoms. The SMILES string of the molecule is CCC[C@@H](c1c(C(F)(F)F)ccc(Cl)c1F)N1CCNCC1.Cl. The van der Waals surface area contributed by atoms with Crippen molar-refractivity contribution in [2.45, 2.75) is 32.0 Å². The average molecular weight is 375 g/mol. The van der Waals surface area contributed by atoms with E-state index in [1.54, 1.807) is 0 Å². The number of piperazine rings is 1. The molecule has 8 heteroatoms. The van der Waals surface area contributed by atoms with Gasteiger partial charge in [0.25, 0.3) is 0 Å². The molecule has 1 aliphatic heterocycles. The molecule has 0 saturated carbocycles. The lowest BCUT2D eigenvalue weighted by atomic mass is 9.94. The summed E-state index contributed by atoms with van der Waals surface area (Å²) in [6.45, 7) is 4.43. The summed E-state index contributed by atoms with van der Waals surface area (Å²) in [5.41, 5.74) is -1.24. The van der Waals surface area contributed by atoms with Gasteiger partial charge in [-0.2, -0.15) is 13.2 Å². The number of hydrogen-bond acceptors (Lipinski definition) is 2. The van der Waals surface area contributed by atoms with Gasteiger partial charge in [-0.3, -0.25) is 4.90 Å². The van der Waals surface area contributed by atoms with Gasteiger partial charge in [-0.25, -0.2) is 4.39 Å². The maximum atomic E-state index is 14.4. The molecule has 1 aliphatic rings. The summed E-state index contributed by atoms with van der Waals surface area (Å²) in [5, 5.41) is 2.89. The zero-order valence-corrected chi connectivity index (χ0v) is 14.3. The first-order chi connectivity index (χ1) is 10.4. The van der Waals surface area contributed by atoms with Gasteiger partial charge in [-0.1, -0.05) is 24.9 Å². The van der Waals surface area contributed by atoms with Crippen LogP contribution < -0.4 is 5.32 Å². The van der Waals surface area contributed by atoms with E-state index in [9.17, 15) is 17.6 Å². The van der Waals surface area contributed by atoms with E-state index in [1.807, 2.05) is 11.8 Å². The lowest BCUT2D eigenvalue weighted by molar-refractivity contribution is -0.139. The molecule has 2 rings (SSSR count). The van der Waals surface area contributed by atoms with Crippen molar-refractivity contribution < 1.29 is 17.6 Å². The Labute approximate surface area is 144 Å². The second-order valence-electron chi connectivity index (χ2n) is 5.41. The number of alkyl halides is 3. The molecule has 0 radical (unpaired) electrons. The molecule has 1 fully saturated rings. The molecule has 132 valence electrons. The van der Waals surface area contributed by atoms with E-state index < -0.39 is 23.6 Å². The van der Waals surface area contributed by atoms with Crippen LogP contribution in [0.25, 0.3) is 0 Å². The van der Waals surface area contributed by atoms with Gasteiger partial charge >= 0.3 is 6.18 Å². The third kappa shape index (κ3) is 4.72. The van der Waals surface area contributed by atoms with Crippen LogP contribution >= 0.6 is 24.0 Å². The van der Waals surface area contributed by atoms with Crippen LogP contribution in [0.2, 0.25) is 5.02 Å². The maximum Gasteiger partial charge on any atom is 0.416 e. The van der Waals surface area contributed by atoms with Crippen molar-refractivity contribution in [3.63, 3.8) is 0 Å². The molecule has 1 atom stereocenters. The molecular weight excluding hydrogens is 355 g/mol. The third-order valence-corrected chi connectivity index (χ3v) is 4.22. The van der Waals surface area contributed by atoms with Crippen molar-refractivity contribution in [1.29, 1.82) is 0 Å². The Bertz CT molecular complexity index is 517. The van der Waals surface area contributed by atoms with Crippen LogP contribution in [0, 0.1) is 5.82 Å². The molecular formula is C15H20Cl2F4N2. The highest BCUT2D eigenvalue weighted by Gasteiger charge is 2.39. The lowest BCUT2D eigenvalue weighted by Crippen LogP contribution is -2.45. The minimum Gasteiger partial charge on any atom is -0.314 e. The fraction of sp³-hybridized carbons (Fsp3) is 0.600. The largest absolute Gasteiger partial charge is 0.416 e. The highest BCUT2D eigenvalue weighted by Crippen LogP contribution is 2.41.